The molecule has 248 valence electrons. The first-order chi connectivity index (χ1) is 21.9. The fourth-order valence-corrected chi connectivity index (χ4v) is 5.84. The minimum Gasteiger partial charge on any atom is -0.388 e. The van der Waals surface area contributed by atoms with E-state index in [2.05, 4.69) is 24.9 Å². The van der Waals surface area contributed by atoms with Gasteiger partial charge in [0, 0.05) is 12.2 Å². The monoisotopic (exact) mass is 639 g/mol. The van der Waals surface area contributed by atoms with E-state index in [0.717, 1.165) is 11.1 Å². The number of hydrogen-bond acceptors (Lipinski definition) is 15. The molecule has 1 saturated heterocycles. The predicted octanol–water partition coefficient (Wildman–Crippen LogP) is -0.932. The molecule has 2 aliphatic rings. The van der Waals surface area contributed by atoms with Crippen LogP contribution in [0.1, 0.15) is 51.8 Å². The van der Waals surface area contributed by atoms with Crippen LogP contribution in [0.3, 0.4) is 0 Å². The van der Waals surface area contributed by atoms with Crippen molar-refractivity contribution in [2.45, 2.75) is 94.4 Å². The van der Waals surface area contributed by atoms with Crippen LogP contribution in [0.4, 0.5) is 11.6 Å². The number of carbonyl (C=O) groups excluding carboxylic acids is 1. The number of Topliss-reactive ketones (excluding diaryl/α,β-unsaturated/α-hetero) is 1. The van der Waals surface area contributed by atoms with Crippen LogP contribution in [0, 0.1) is 0 Å². The van der Waals surface area contributed by atoms with Gasteiger partial charge < -0.3 is 52.7 Å². The molecule has 1 aliphatic carbocycles. The van der Waals surface area contributed by atoms with Crippen molar-refractivity contribution in [1.82, 2.24) is 34.1 Å². The Morgan fingerprint density at radius 1 is 0.935 bits per heavy atom. The summed E-state index contributed by atoms with van der Waals surface area (Å²) in [6.07, 6.45) is 4.30. The number of carbonyl (C=O) groups is 1. The third-order valence-corrected chi connectivity index (χ3v) is 8.59. The van der Waals surface area contributed by atoms with Crippen molar-refractivity contribution >= 4 is 39.6 Å². The Labute approximate surface area is 263 Å². The molecular weight excluding hydrogens is 598 g/mol. The van der Waals surface area contributed by atoms with Gasteiger partial charge in [-0.1, -0.05) is 13.0 Å². The summed E-state index contributed by atoms with van der Waals surface area (Å²) in [6, 6.07) is 0.594. The molecule has 6 rings (SSSR count). The van der Waals surface area contributed by atoms with E-state index in [1.807, 2.05) is 17.6 Å². The van der Waals surface area contributed by atoms with Crippen molar-refractivity contribution in [3.05, 3.63) is 42.9 Å². The first-order valence-electron chi connectivity index (χ1n) is 15.0. The van der Waals surface area contributed by atoms with Gasteiger partial charge in [-0.2, -0.15) is 0 Å². The Balaban J connectivity index is 0.000000192. The van der Waals surface area contributed by atoms with Crippen molar-refractivity contribution in [3.63, 3.8) is 0 Å². The summed E-state index contributed by atoms with van der Waals surface area (Å²) in [7, 11) is 0. The number of nitrogens with zero attached hydrogens (tertiary/aromatic N) is 7. The number of hydrogen-bond donors (Lipinski definition) is 8. The van der Waals surface area contributed by atoms with Crippen molar-refractivity contribution < 1.29 is 30.0 Å². The van der Waals surface area contributed by atoms with Crippen molar-refractivity contribution in [2.75, 3.05) is 11.5 Å². The molecule has 17 nitrogen and oxygen atoms in total. The van der Waals surface area contributed by atoms with E-state index in [0.29, 0.717) is 48.2 Å². The van der Waals surface area contributed by atoms with Gasteiger partial charge in [0.1, 0.15) is 47.6 Å². The van der Waals surface area contributed by atoms with Gasteiger partial charge in [-0.05, 0) is 44.2 Å². The van der Waals surface area contributed by atoms with E-state index in [9.17, 15) is 25.2 Å². The minimum absolute atomic E-state index is 0.0944. The van der Waals surface area contributed by atoms with Crippen LogP contribution in [0.2, 0.25) is 0 Å². The van der Waals surface area contributed by atoms with Gasteiger partial charge in [-0.3, -0.25) is 9.36 Å². The molecule has 4 aromatic rings. The first-order valence-corrected chi connectivity index (χ1v) is 15.0. The van der Waals surface area contributed by atoms with Crippen LogP contribution < -0.4 is 22.9 Å². The summed E-state index contributed by atoms with van der Waals surface area (Å²) in [6.45, 7) is 3.39. The van der Waals surface area contributed by atoms with E-state index >= 15 is 0 Å². The number of rotatable bonds is 9. The van der Waals surface area contributed by atoms with Crippen LogP contribution in [0.15, 0.2) is 42.9 Å². The topological polar surface area (TPSA) is 286 Å². The number of ether oxygens (including phenoxy) is 1. The maximum atomic E-state index is 11.2. The van der Waals surface area contributed by atoms with Crippen LogP contribution >= 0.6 is 0 Å². The largest absolute Gasteiger partial charge is 0.388 e. The summed E-state index contributed by atoms with van der Waals surface area (Å²) in [5.74, 6) is 0.485. The van der Waals surface area contributed by atoms with Gasteiger partial charge in [0.15, 0.2) is 23.5 Å². The summed E-state index contributed by atoms with van der Waals surface area (Å²) in [5.41, 5.74) is 26.4. The second-order valence-corrected chi connectivity index (χ2v) is 11.7. The lowest BCUT2D eigenvalue weighted by molar-refractivity contribution is -0.118. The Kier molecular flexibility index (Phi) is 9.92. The molecule has 0 saturated carbocycles. The maximum Gasteiger partial charge on any atom is 0.167 e. The third kappa shape index (κ3) is 6.43. The molecule has 0 bridgehead atoms. The average molecular weight is 640 g/mol. The molecular formula is C29H41N11O6. The van der Waals surface area contributed by atoms with Crippen LogP contribution in [0.25, 0.3) is 22.2 Å². The Morgan fingerprint density at radius 2 is 1.63 bits per heavy atom. The molecule has 17 heteroatoms. The Hall–Kier alpha value is -4.10. The molecule has 9 atom stereocenters. The number of nitrogen functional groups attached to an aromatic ring is 2. The lowest BCUT2D eigenvalue weighted by atomic mass is 9.98. The Morgan fingerprint density at radius 3 is 2.33 bits per heavy atom. The highest BCUT2D eigenvalue weighted by molar-refractivity contribution is 5.85. The zero-order chi connectivity index (χ0) is 33.3. The second kappa shape index (κ2) is 13.7. The van der Waals surface area contributed by atoms with Crippen molar-refractivity contribution in [2.24, 2.45) is 11.5 Å². The van der Waals surface area contributed by atoms with Gasteiger partial charge in [-0.25, -0.2) is 24.9 Å². The maximum absolute atomic E-state index is 11.2. The lowest BCUT2D eigenvalue weighted by Gasteiger charge is -2.20. The average Bonchev–Trinajstić information content (AvgIpc) is 3.79. The zero-order valence-electron chi connectivity index (χ0n) is 25.5. The van der Waals surface area contributed by atoms with Gasteiger partial charge in [-0.15, -0.1) is 0 Å². The minimum atomic E-state index is -1.18. The van der Waals surface area contributed by atoms with Gasteiger partial charge >= 0.3 is 0 Å². The third-order valence-electron chi connectivity index (χ3n) is 8.59. The second-order valence-electron chi connectivity index (χ2n) is 11.7. The molecule has 0 spiro atoms. The molecule has 1 aliphatic heterocycles. The molecule has 46 heavy (non-hydrogen) atoms. The molecule has 0 aromatic carbocycles. The number of pyridine rings is 1. The van der Waals surface area contributed by atoms with E-state index in [1.165, 1.54) is 24.1 Å². The van der Waals surface area contributed by atoms with Crippen LogP contribution in [-0.4, -0.2) is 103 Å². The van der Waals surface area contributed by atoms with Gasteiger partial charge in [0.05, 0.1) is 36.4 Å². The molecule has 0 radical (unpaired) electrons. The quantitative estimate of drug-likeness (QED) is 0.103. The highest BCUT2D eigenvalue weighted by Gasteiger charge is 2.44. The smallest absolute Gasteiger partial charge is 0.167 e. The summed E-state index contributed by atoms with van der Waals surface area (Å²) < 4.78 is 9.18. The number of aliphatic hydroxyl groups excluding tert-OH is 4. The van der Waals surface area contributed by atoms with Crippen molar-refractivity contribution in [1.29, 1.82) is 0 Å². The first kappa shape index (κ1) is 33.3. The molecule has 0 amide bonds. The van der Waals surface area contributed by atoms with Crippen molar-refractivity contribution in [3.8, 4) is 0 Å². The van der Waals surface area contributed by atoms with E-state index < -0.39 is 42.8 Å². The molecule has 1 unspecified atom stereocenters. The summed E-state index contributed by atoms with van der Waals surface area (Å²) in [4.78, 5) is 31.6. The number of ketones is 1. The fourth-order valence-electron chi connectivity index (χ4n) is 5.84. The van der Waals surface area contributed by atoms with Crippen LogP contribution in [0.5, 0.6) is 0 Å². The van der Waals surface area contributed by atoms with Gasteiger partial charge in [0.2, 0.25) is 0 Å². The Bertz CT molecular complexity index is 1710. The van der Waals surface area contributed by atoms with E-state index in [4.69, 9.17) is 27.7 Å². The molecule has 12 N–H and O–H groups in total. The number of fused-ring (bicyclic) bond motifs is 2. The SMILES string of the molecule is CC(=O)[C@@H](N)CC[C@H](N)CC1O[C@@H](n2cnc3c(N)ncnc32)[C@H](O)[C@@H]1O.CCC1=C[C@@H](n2cnc3c(N)nccc32)[C@H](O)[C@@H]1O. The highest BCUT2D eigenvalue weighted by Crippen LogP contribution is 2.35. The fraction of sp³-hybridized carbons (Fsp3) is 0.517. The van der Waals surface area contributed by atoms with E-state index in [-0.39, 0.29) is 23.7 Å². The van der Waals surface area contributed by atoms with Gasteiger partial charge in [0.25, 0.3) is 0 Å². The summed E-state index contributed by atoms with van der Waals surface area (Å²) in [5, 5.41) is 40.9. The normalized spacial score (nSPS) is 27.4. The number of nitrogens with two attached hydrogens (primary N) is 4. The predicted molar refractivity (Wildman–Crippen MR) is 168 cm³/mol. The number of imidazole rings is 2. The van der Waals surface area contributed by atoms with E-state index in [1.54, 1.807) is 18.6 Å². The number of aromatic nitrogens is 7. The number of anilines is 2. The molecule has 1 fully saturated rings. The standard InChI is InChI=1S/C16H25N7O4.C13H16N4O2/c1-7(24)9(18)3-2-8(17)4-10-12(25)13(26)16(27-10)23-6-22-11-14(19)20-5-21-15(11)23;1-2-7-5-9(12(19)11(7)18)17-6-16-10-8(17)3-4-15-13(10)14/h5-6,8-10,12-13,16,25-26H,2-4,17-18H2,1H3,(H2,19,20,21);3-6,9,11-12,18-19H,2H2,1H3,(H2,14,15)/t8-,9-,10?,12+,13+,16+;9-,11-,12+/m01/s1. The lowest BCUT2D eigenvalue weighted by Crippen LogP contribution is -2.37. The molecule has 5 heterocycles. The summed E-state index contributed by atoms with van der Waals surface area (Å²) >= 11 is 0. The zero-order valence-corrected chi connectivity index (χ0v) is 25.5. The molecule has 4 aromatic heterocycles. The van der Waals surface area contributed by atoms with Crippen LogP contribution in [-0.2, 0) is 9.53 Å². The highest BCUT2D eigenvalue weighted by atomic mass is 16.6. The number of aliphatic hydroxyl groups is 4.